The Bertz CT molecular complexity index is 594. The molecule has 0 fully saturated rings. The van der Waals surface area contributed by atoms with Gasteiger partial charge in [-0.2, -0.15) is 0 Å². The average Bonchev–Trinajstić information content (AvgIpc) is 2.37. The highest BCUT2D eigenvalue weighted by Crippen LogP contribution is 2.18. The predicted octanol–water partition coefficient (Wildman–Crippen LogP) is 3.23. The van der Waals surface area contributed by atoms with E-state index in [0.29, 0.717) is 17.5 Å². The molecule has 5 heteroatoms. The highest BCUT2D eigenvalue weighted by Gasteiger charge is 2.09. The molecule has 0 aliphatic rings. The largest absolute Gasteiger partial charge is 0.497 e. The van der Waals surface area contributed by atoms with Crippen LogP contribution in [0.3, 0.4) is 0 Å². The Morgan fingerprint density at radius 2 is 1.79 bits per heavy atom. The van der Waals surface area contributed by atoms with Gasteiger partial charge in [0.05, 0.1) is 7.11 Å². The maximum absolute atomic E-state index is 13.0. The molecule has 2 rings (SSSR count). The lowest BCUT2D eigenvalue weighted by Crippen LogP contribution is -2.12. The van der Waals surface area contributed by atoms with Gasteiger partial charge in [-0.1, -0.05) is 6.07 Å². The zero-order valence-electron chi connectivity index (χ0n) is 10.1. The first-order chi connectivity index (χ1) is 9.08. The van der Waals surface area contributed by atoms with Crippen LogP contribution in [-0.4, -0.2) is 13.0 Å². The Morgan fingerprint density at radius 1 is 1.11 bits per heavy atom. The number of halogens is 2. The van der Waals surface area contributed by atoms with Gasteiger partial charge in [0.1, 0.15) is 17.4 Å². The van der Waals surface area contributed by atoms with Gasteiger partial charge in [0.15, 0.2) is 0 Å². The molecule has 0 saturated carbocycles. The number of nitrogens with one attached hydrogen (secondary N) is 1. The fourth-order valence-corrected chi connectivity index (χ4v) is 1.59. The molecule has 0 saturated heterocycles. The lowest BCUT2D eigenvalue weighted by atomic mass is 10.2. The van der Waals surface area contributed by atoms with E-state index in [1.54, 1.807) is 24.3 Å². The number of amides is 1. The minimum absolute atomic E-state index is 0.0830. The van der Waals surface area contributed by atoms with Crippen molar-refractivity contribution < 1.29 is 18.3 Å². The third kappa shape index (κ3) is 3.28. The molecule has 2 aromatic rings. The molecule has 98 valence electrons. The van der Waals surface area contributed by atoms with Crippen molar-refractivity contribution in [1.82, 2.24) is 0 Å². The van der Waals surface area contributed by atoms with Crippen LogP contribution in [0, 0.1) is 11.6 Å². The summed E-state index contributed by atoms with van der Waals surface area (Å²) in [5, 5.41) is 2.54. The monoisotopic (exact) mass is 263 g/mol. The lowest BCUT2D eigenvalue weighted by molar-refractivity contribution is 0.102. The number of ether oxygens (including phenoxy) is 1. The predicted molar refractivity (Wildman–Crippen MR) is 67.3 cm³/mol. The van der Waals surface area contributed by atoms with E-state index in [-0.39, 0.29) is 5.56 Å². The van der Waals surface area contributed by atoms with Crippen LogP contribution in [0.1, 0.15) is 10.4 Å². The molecule has 0 spiro atoms. The van der Waals surface area contributed by atoms with Crippen LogP contribution >= 0.6 is 0 Å². The normalized spacial score (nSPS) is 10.1. The zero-order chi connectivity index (χ0) is 13.8. The average molecular weight is 263 g/mol. The molecule has 19 heavy (non-hydrogen) atoms. The summed E-state index contributed by atoms with van der Waals surface area (Å²) in [5.41, 5.74) is 0.398. The number of rotatable bonds is 3. The van der Waals surface area contributed by atoms with Gasteiger partial charge in [0, 0.05) is 23.4 Å². The molecule has 2 aromatic carbocycles. The molecular weight excluding hydrogens is 252 g/mol. The highest BCUT2D eigenvalue weighted by molar-refractivity contribution is 6.04. The van der Waals surface area contributed by atoms with Gasteiger partial charge in [0.2, 0.25) is 0 Å². The summed E-state index contributed by atoms with van der Waals surface area (Å²) in [6.07, 6.45) is 0. The second kappa shape index (κ2) is 5.48. The Hall–Kier alpha value is -2.43. The summed E-state index contributed by atoms with van der Waals surface area (Å²) in [6, 6.07) is 9.32. The molecule has 3 nitrogen and oxygen atoms in total. The molecular formula is C14H11F2NO2. The van der Waals surface area contributed by atoms with Gasteiger partial charge in [-0.15, -0.1) is 0 Å². The summed E-state index contributed by atoms with van der Waals surface area (Å²) in [7, 11) is 1.50. The fraction of sp³-hybridized carbons (Fsp3) is 0.0714. The van der Waals surface area contributed by atoms with Crippen LogP contribution in [0.5, 0.6) is 5.75 Å². The van der Waals surface area contributed by atoms with E-state index in [9.17, 15) is 13.6 Å². The van der Waals surface area contributed by atoms with E-state index in [0.717, 1.165) is 12.1 Å². The van der Waals surface area contributed by atoms with E-state index < -0.39 is 17.5 Å². The number of methoxy groups -OCH3 is 1. The van der Waals surface area contributed by atoms with Crippen LogP contribution in [0.15, 0.2) is 42.5 Å². The van der Waals surface area contributed by atoms with Gasteiger partial charge in [-0.25, -0.2) is 8.78 Å². The molecule has 0 aliphatic carbocycles. The summed E-state index contributed by atoms with van der Waals surface area (Å²) < 4.78 is 31.0. The van der Waals surface area contributed by atoms with Gasteiger partial charge >= 0.3 is 0 Å². The third-order valence-corrected chi connectivity index (χ3v) is 2.45. The molecule has 0 unspecified atom stereocenters. The number of carbonyl (C=O) groups excluding carboxylic acids is 1. The standard InChI is InChI=1S/C14H11F2NO2/c1-19-13-4-2-3-12(8-13)17-14(18)9-5-10(15)7-11(16)6-9/h2-8H,1H3,(H,17,18). The smallest absolute Gasteiger partial charge is 0.255 e. The van der Waals surface area contributed by atoms with E-state index in [4.69, 9.17) is 4.74 Å². The van der Waals surface area contributed by atoms with Crippen molar-refractivity contribution in [2.45, 2.75) is 0 Å². The quantitative estimate of drug-likeness (QED) is 0.923. The van der Waals surface area contributed by atoms with E-state index >= 15 is 0 Å². The van der Waals surface area contributed by atoms with Crippen LogP contribution in [0.25, 0.3) is 0 Å². The second-order valence-corrected chi connectivity index (χ2v) is 3.84. The van der Waals surface area contributed by atoms with Crippen molar-refractivity contribution in [2.75, 3.05) is 12.4 Å². The van der Waals surface area contributed by atoms with Gasteiger partial charge in [0.25, 0.3) is 5.91 Å². The van der Waals surface area contributed by atoms with Crippen molar-refractivity contribution in [3.63, 3.8) is 0 Å². The number of carbonyl (C=O) groups is 1. The van der Waals surface area contributed by atoms with Crippen LogP contribution in [0.2, 0.25) is 0 Å². The molecule has 0 bridgehead atoms. The summed E-state index contributed by atoms with van der Waals surface area (Å²) in [4.78, 5) is 11.8. The number of hydrogen-bond donors (Lipinski definition) is 1. The second-order valence-electron chi connectivity index (χ2n) is 3.84. The highest BCUT2D eigenvalue weighted by atomic mass is 19.1. The van der Waals surface area contributed by atoms with E-state index in [1.807, 2.05) is 0 Å². The lowest BCUT2D eigenvalue weighted by Gasteiger charge is -2.07. The SMILES string of the molecule is COc1cccc(NC(=O)c2cc(F)cc(F)c2)c1. The Morgan fingerprint density at radius 3 is 2.42 bits per heavy atom. The molecule has 0 aromatic heterocycles. The van der Waals surface area contributed by atoms with Gasteiger partial charge < -0.3 is 10.1 Å². The first-order valence-electron chi connectivity index (χ1n) is 5.50. The number of benzene rings is 2. The van der Waals surface area contributed by atoms with Crippen LogP contribution < -0.4 is 10.1 Å². The van der Waals surface area contributed by atoms with Gasteiger partial charge in [-0.05, 0) is 24.3 Å². The first kappa shape index (κ1) is 13.0. The van der Waals surface area contributed by atoms with Gasteiger partial charge in [-0.3, -0.25) is 4.79 Å². The summed E-state index contributed by atoms with van der Waals surface area (Å²) in [6.45, 7) is 0. The Kier molecular flexibility index (Phi) is 3.75. The summed E-state index contributed by atoms with van der Waals surface area (Å²) in [5.74, 6) is -1.61. The van der Waals surface area contributed by atoms with Crippen molar-refractivity contribution in [1.29, 1.82) is 0 Å². The number of hydrogen-bond acceptors (Lipinski definition) is 2. The van der Waals surface area contributed by atoms with E-state index in [2.05, 4.69) is 5.32 Å². The van der Waals surface area contributed by atoms with Crippen molar-refractivity contribution in [2.24, 2.45) is 0 Å². The van der Waals surface area contributed by atoms with Crippen LogP contribution in [-0.2, 0) is 0 Å². The minimum atomic E-state index is -0.796. The zero-order valence-corrected chi connectivity index (χ0v) is 10.1. The van der Waals surface area contributed by atoms with Crippen molar-refractivity contribution >= 4 is 11.6 Å². The molecule has 0 aliphatic heterocycles. The first-order valence-corrected chi connectivity index (χ1v) is 5.50. The topological polar surface area (TPSA) is 38.3 Å². The third-order valence-electron chi connectivity index (χ3n) is 2.45. The molecule has 0 atom stereocenters. The van der Waals surface area contributed by atoms with Crippen LogP contribution in [0.4, 0.5) is 14.5 Å². The molecule has 0 radical (unpaired) electrons. The summed E-state index contributed by atoms with van der Waals surface area (Å²) >= 11 is 0. The molecule has 1 N–H and O–H groups in total. The van der Waals surface area contributed by atoms with Crippen molar-refractivity contribution in [3.8, 4) is 5.75 Å². The molecule has 1 amide bonds. The Labute approximate surface area is 108 Å². The maximum Gasteiger partial charge on any atom is 0.255 e. The molecule has 0 heterocycles. The minimum Gasteiger partial charge on any atom is -0.497 e. The number of anilines is 1. The van der Waals surface area contributed by atoms with E-state index in [1.165, 1.54) is 7.11 Å². The maximum atomic E-state index is 13.0. The fourth-order valence-electron chi connectivity index (χ4n) is 1.59. The Balaban J connectivity index is 2.20. The van der Waals surface area contributed by atoms with Crippen molar-refractivity contribution in [3.05, 3.63) is 59.7 Å².